The number of ether oxygens (including phenoxy) is 1. The molecule has 2 rings (SSSR count). The van der Waals surface area contributed by atoms with E-state index in [1.807, 2.05) is 31.2 Å². The molecule has 116 valence electrons. The van der Waals surface area contributed by atoms with E-state index >= 15 is 0 Å². The monoisotopic (exact) mass is 309 g/mol. The SMILES string of the molecule is CCS(=O)CC(=O)NCc1ccccc1OC1CCCC1. The molecule has 4 nitrogen and oxygen atoms in total. The van der Waals surface area contributed by atoms with Gasteiger partial charge in [0, 0.05) is 28.7 Å². The first kappa shape index (κ1) is 16.0. The summed E-state index contributed by atoms with van der Waals surface area (Å²) in [6.45, 7) is 2.23. The van der Waals surface area contributed by atoms with Crippen molar-refractivity contribution in [1.82, 2.24) is 5.32 Å². The average molecular weight is 309 g/mol. The van der Waals surface area contributed by atoms with E-state index in [2.05, 4.69) is 5.32 Å². The Bertz CT molecular complexity index is 498. The molecule has 0 saturated heterocycles. The van der Waals surface area contributed by atoms with Crippen LogP contribution in [0.25, 0.3) is 0 Å². The zero-order valence-electron chi connectivity index (χ0n) is 12.5. The zero-order valence-corrected chi connectivity index (χ0v) is 13.3. The summed E-state index contributed by atoms with van der Waals surface area (Å²) in [5.74, 6) is 1.25. The summed E-state index contributed by atoms with van der Waals surface area (Å²) in [6.07, 6.45) is 4.97. The van der Waals surface area contributed by atoms with Crippen LogP contribution in [0.3, 0.4) is 0 Å². The first-order valence-corrected chi connectivity index (χ1v) is 9.04. The highest BCUT2D eigenvalue weighted by atomic mass is 32.2. The highest BCUT2D eigenvalue weighted by molar-refractivity contribution is 7.85. The Kier molecular flexibility index (Phi) is 6.23. The van der Waals surface area contributed by atoms with E-state index in [4.69, 9.17) is 4.74 Å². The fourth-order valence-corrected chi connectivity index (χ4v) is 3.04. The van der Waals surface area contributed by atoms with Crippen LogP contribution in [-0.2, 0) is 22.1 Å². The number of nitrogens with one attached hydrogen (secondary N) is 1. The number of hydrogen-bond acceptors (Lipinski definition) is 3. The van der Waals surface area contributed by atoms with Crippen LogP contribution in [0.5, 0.6) is 5.75 Å². The van der Waals surface area contributed by atoms with Crippen molar-refractivity contribution in [3.63, 3.8) is 0 Å². The molecule has 1 N–H and O–H groups in total. The van der Waals surface area contributed by atoms with E-state index in [1.165, 1.54) is 12.8 Å². The van der Waals surface area contributed by atoms with Crippen molar-refractivity contribution in [3.05, 3.63) is 29.8 Å². The summed E-state index contributed by atoms with van der Waals surface area (Å²) in [4.78, 5) is 11.7. The van der Waals surface area contributed by atoms with E-state index in [9.17, 15) is 9.00 Å². The van der Waals surface area contributed by atoms with Crippen molar-refractivity contribution in [2.45, 2.75) is 45.3 Å². The molecule has 0 spiro atoms. The molecule has 1 unspecified atom stereocenters. The van der Waals surface area contributed by atoms with Crippen LogP contribution in [0.1, 0.15) is 38.2 Å². The maximum atomic E-state index is 11.7. The maximum Gasteiger partial charge on any atom is 0.232 e. The van der Waals surface area contributed by atoms with Crippen molar-refractivity contribution in [3.8, 4) is 5.75 Å². The third kappa shape index (κ3) is 5.16. The van der Waals surface area contributed by atoms with Gasteiger partial charge in [0.15, 0.2) is 0 Å². The molecule has 21 heavy (non-hydrogen) atoms. The summed E-state index contributed by atoms with van der Waals surface area (Å²) in [6, 6.07) is 7.79. The van der Waals surface area contributed by atoms with Crippen molar-refractivity contribution < 1.29 is 13.7 Å². The molecule has 0 heterocycles. The Hall–Kier alpha value is -1.36. The summed E-state index contributed by atoms with van der Waals surface area (Å²) in [7, 11) is -1.07. The van der Waals surface area contributed by atoms with E-state index in [0.29, 0.717) is 18.4 Å². The van der Waals surface area contributed by atoms with Crippen molar-refractivity contribution in [2.24, 2.45) is 0 Å². The van der Waals surface area contributed by atoms with Gasteiger partial charge >= 0.3 is 0 Å². The van der Waals surface area contributed by atoms with Crippen LogP contribution in [0.15, 0.2) is 24.3 Å². The fraction of sp³-hybridized carbons (Fsp3) is 0.562. The quantitative estimate of drug-likeness (QED) is 0.841. The molecule has 1 aromatic carbocycles. The van der Waals surface area contributed by atoms with E-state index in [-0.39, 0.29) is 11.7 Å². The highest BCUT2D eigenvalue weighted by Crippen LogP contribution is 2.26. The zero-order chi connectivity index (χ0) is 15.1. The highest BCUT2D eigenvalue weighted by Gasteiger charge is 2.17. The van der Waals surface area contributed by atoms with Gasteiger partial charge in [-0.3, -0.25) is 9.00 Å². The van der Waals surface area contributed by atoms with E-state index < -0.39 is 10.8 Å². The topological polar surface area (TPSA) is 55.4 Å². The lowest BCUT2D eigenvalue weighted by molar-refractivity contribution is -0.118. The molecule has 1 atom stereocenters. The summed E-state index contributed by atoms with van der Waals surface area (Å²) < 4.78 is 17.4. The minimum atomic E-state index is -1.07. The first-order valence-electron chi connectivity index (χ1n) is 7.55. The molecule has 1 aliphatic carbocycles. The standard InChI is InChI=1S/C16H23NO3S/c1-2-21(19)12-16(18)17-11-13-7-3-6-10-15(13)20-14-8-4-5-9-14/h3,6-7,10,14H,2,4-5,8-9,11-12H2,1H3,(H,17,18). The normalized spacial score (nSPS) is 16.6. The van der Waals surface area contributed by atoms with Crippen LogP contribution in [0, 0.1) is 0 Å². The number of rotatable bonds is 7. The van der Waals surface area contributed by atoms with Crippen molar-refractivity contribution >= 4 is 16.7 Å². The Morgan fingerprint density at radius 1 is 1.33 bits per heavy atom. The van der Waals surface area contributed by atoms with Crippen LogP contribution in [0.2, 0.25) is 0 Å². The number of carbonyl (C=O) groups is 1. The van der Waals surface area contributed by atoms with Crippen LogP contribution in [-0.4, -0.2) is 27.7 Å². The van der Waals surface area contributed by atoms with Crippen LogP contribution >= 0.6 is 0 Å². The minimum Gasteiger partial charge on any atom is -0.490 e. The molecule has 1 amide bonds. The largest absolute Gasteiger partial charge is 0.490 e. The minimum absolute atomic E-state index is 0.0716. The predicted molar refractivity (Wildman–Crippen MR) is 84.7 cm³/mol. The van der Waals surface area contributed by atoms with Crippen LogP contribution < -0.4 is 10.1 Å². The number of hydrogen-bond donors (Lipinski definition) is 1. The lowest BCUT2D eigenvalue weighted by atomic mass is 10.2. The Morgan fingerprint density at radius 2 is 2.05 bits per heavy atom. The van der Waals surface area contributed by atoms with Gasteiger partial charge in [0.2, 0.25) is 5.91 Å². The third-order valence-corrected chi connectivity index (χ3v) is 4.89. The van der Waals surface area contributed by atoms with Gasteiger partial charge in [0.05, 0.1) is 6.10 Å². The number of amides is 1. The molecule has 1 aromatic rings. The number of para-hydroxylation sites is 1. The van der Waals surface area contributed by atoms with Crippen molar-refractivity contribution in [1.29, 1.82) is 0 Å². The van der Waals surface area contributed by atoms with Crippen molar-refractivity contribution in [2.75, 3.05) is 11.5 Å². The van der Waals surface area contributed by atoms with Gasteiger partial charge in [-0.25, -0.2) is 0 Å². The smallest absolute Gasteiger partial charge is 0.232 e. The fourth-order valence-electron chi connectivity index (χ4n) is 2.44. The Balaban J connectivity index is 1.90. The lowest BCUT2D eigenvalue weighted by Crippen LogP contribution is -2.28. The molecular weight excluding hydrogens is 286 g/mol. The van der Waals surface area contributed by atoms with Crippen LogP contribution in [0.4, 0.5) is 0 Å². The molecule has 0 radical (unpaired) electrons. The Labute approximate surface area is 128 Å². The average Bonchev–Trinajstić information content (AvgIpc) is 2.99. The van der Waals surface area contributed by atoms with Gasteiger partial charge in [0.1, 0.15) is 11.5 Å². The van der Waals surface area contributed by atoms with E-state index in [1.54, 1.807) is 0 Å². The molecule has 0 bridgehead atoms. The van der Waals surface area contributed by atoms with Gasteiger partial charge < -0.3 is 10.1 Å². The second-order valence-electron chi connectivity index (χ2n) is 5.28. The summed E-state index contributed by atoms with van der Waals surface area (Å²) in [5, 5.41) is 2.82. The molecule has 5 heteroatoms. The summed E-state index contributed by atoms with van der Waals surface area (Å²) >= 11 is 0. The molecule has 1 saturated carbocycles. The number of benzene rings is 1. The second-order valence-corrected chi connectivity index (χ2v) is 7.03. The summed E-state index contributed by atoms with van der Waals surface area (Å²) in [5.41, 5.74) is 0.972. The molecule has 1 aliphatic rings. The molecular formula is C16H23NO3S. The molecule has 1 fully saturated rings. The lowest BCUT2D eigenvalue weighted by Gasteiger charge is -2.16. The first-order chi connectivity index (χ1) is 10.2. The second kappa shape index (κ2) is 8.17. The van der Waals surface area contributed by atoms with E-state index in [0.717, 1.165) is 24.2 Å². The molecule has 0 aromatic heterocycles. The maximum absolute atomic E-state index is 11.7. The third-order valence-electron chi connectivity index (χ3n) is 3.66. The van der Waals surface area contributed by atoms with Gasteiger partial charge in [0.25, 0.3) is 0 Å². The number of carbonyl (C=O) groups excluding carboxylic acids is 1. The van der Waals surface area contributed by atoms with Gasteiger partial charge in [-0.1, -0.05) is 25.1 Å². The van der Waals surface area contributed by atoms with Gasteiger partial charge in [-0.05, 0) is 31.7 Å². The predicted octanol–water partition coefficient (Wildman–Crippen LogP) is 2.39. The van der Waals surface area contributed by atoms with Gasteiger partial charge in [-0.2, -0.15) is 0 Å². The Morgan fingerprint density at radius 3 is 2.76 bits per heavy atom. The molecule has 0 aliphatic heterocycles. The van der Waals surface area contributed by atoms with Gasteiger partial charge in [-0.15, -0.1) is 0 Å².